The van der Waals surface area contributed by atoms with E-state index in [0.717, 1.165) is 27.0 Å². The molecule has 3 aromatic carbocycles. The third-order valence-corrected chi connectivity index (χ3v) is 6.81. The number of hydrogen-bond acceptors (Lipinski definition) is 7. The van der Waals surface area contributed by atoms with E-state index < -0.39 is 17.9 Å². The van der Waals surface area contributed by atoms with Gasteiger partial charge >= 0.3 is 5.97 Å². The lowest BCUT2D eigenvalue weighted by molar-refractivity contribution is 0.0699. The minimum Gasteiger partial charge on any atom is -0.508 e. The average molecular weight is 580 g/mol. The zero-order chi connectivity index (χ0) is 30.3. The van der Waals surface area contributed by atoms with E-state index >= 15 is 0 Å². The normalized spacial score (nSPS) is 11.7. The lowest BCUT2D eigenvalue weighted by atomic mass is 9.99. The number of aromatic hydroxyl groups is 1. The van der Waals surface area contributed by atoms with Crippen LogP contribution in [0.1, 0.15) is 32.0 Å². The number of ether oxygens (including phenoxy) is 1. The second kappa shape index (κ2) is 13.0. The van der Waals surface area contributed by atoms with Gasteiger partial charge in [-0.2, -0.15) is 4.73 Å². The van der Waals surface area contributed by atoms with Gasteiger partial charge in [0.2, 0.25) is 0 Å². The number of benzene rings is 3. The molecular weight excluding hydrogens is 550 g/mol. The van der Waals surface area contributed by atoms with E-state index in [-0.39, 0.29) is 35.8 Å². The highest BCUT2D eigenvalue weighted by Crippen LogP contribution is 2.27. The molecule has 10 nitrogen and oxygen atoms in total. The van der Waals surface area contributed by atoms with Crippen LogP contribution in [0.4, 0.5) is 0 Å². The van der Waals surface area contributed by atoms with Crippen LogP contribution in [0.25, 0.3) is 22.0 Å². The molecule has 0 radical (unpaired) electrons. The van der Waals surface area contributed by atoms with E-state index in [9.17, 15) is 24.6 Å². The van der Waals surface area contributed by atoms with E-state index in [1.807, 2.05) is 30.3 Å². The predicted octanol–water partition coefficient (Wildman–Crippen LogP) is 4.08. The van der Waals surface area contributed by atoms with E-state index in [0.29, 0.717) is 17.3 Å². The van der Waals surface area contributed by atoms with Crippen molar-refractivity contribution in [3.63, 3.8) is 0 Å². The SMILES string of the molecule is COC[C@H](Cc1ccc(O)cc1)NC(=O)c1cc(C(=O)O)c2cc(-c3cccc(COn4ccccc4=O)c3)ccc2n1. The molecule has 0 aliphatic carbocycles. The van der Waals surface area contributed by atoms with Crippen LogP contribution in [-0.2, 0) is 17.8 Å². The fourth-order valence-corrected chi connectivity index (χ4v) is 4.73. The Bertz CT molecular complexity index is 1830. The molecule has 0 saturated heterocycles. The maximum Gasteiger partial charge on any atom is 0.336 e. The molecule has 1 atom stereocenters. The first-order chi connectivity index (χ1) is 20.8. The van der Waals surface area contributed by atoms with Gasteiger partial charge in [0.15, 0.2) is 0 Å². The fraction of sp³-hybridized carbons (Fsp3) is 0.152. The van der Waals surface area contributed by atoms with Crippen LogP contribution >= 0.6 is 0 Å². The van der Waals surface area contributed by atoms with Gasteiger partial charge in [-0.15, -0.1) is 0 Å². The molecule has 0 bridgehead atoms. The Morgan fingerprint density at radius 1 is 0.930 bits per heavy atom. The summed E-state index contributed by atoms with van der Waals surface area (Å²) in [6.07, 6.45) is 1.98. The Morgan fingerprint density at radius 2 is 1.72 bits per heavy atom. The van der Waals surface area contributed by atoms with Gasteiger partial charge in [-0.25, -0.2) is 9.78 Å². The van der Waals surface area contributed by atoms with E-state index in [4.69, 9.17) is 9.57 Å². The first kappa shape index (κ1) is 29.0. The molecule has 3 N–H and O–H groups in total. The fourth-order valence-electron chi connectivity index (χ4n) is 4.73. The van der Waals surface area contributed by atoms with Crippen molar-refractivity contribution in [2.45, 2.75) is 19.1 Å². The number of hydrogen-bond donors (Lipinski definition) is 3. The number of pyridine rings is 2. The van der Waals surface area contributed by atoms with Crippen molar-refractivity contribution in [2.75, 3.05) is 13.7 Å². The Balaban J connectivity index is 1.39. The van der Waals surface area contributed by atoms with Crippen LogP contribution in [0.5, 0.6) is 5.75 Å². The van der Waals surface area contributed by atoms with Crippen LogP contribution in [0, 0.1) is 0 Å². The minimum atomic E-state index is -1.19. The number of nitrogens with one attached hydrogen (secondary N) is 1. The monoisotopic (exact) mass is 579 g/mol. The zero-order valence-electron chi connectivity index (χ0n) is 23.3. The molecule has 218 valence electrons. The molecule has 43 heavy (non-hydrogen) atoms. The van der Waals surface area contributed by atoms with Crippen LogP contribution < -0.4 is 15.7 Å². The molecular formula is C33H29N3O7. The molecule has 0 saturated carbocycles. The third kappa shape index (κ3) is 7.06. The number of phenols is 1. The number of fused-ring (bicyclic) bond motifs is 1. The van der Waals surface area contributed by atoms with Crippen molar-refractivity contribution in [1.29, 1.82) is 0 Å². The van der Waals surface area contributed by atoms with Gasteiger partial charge in [0.25, 0.3) is 11.5 Å². The number of carboxylic acid groups (broad SMARTS) is 1. The number of methoxy groups -OCH3 is 1. The predicted molar refractivity (Wildman–Crippen MR) is 160 cm³/mol. The number of carboxylic acids is 1. The number of nitrogens with zero attached hydrogens (tertiary/aromatic N) is 2. The summed E-state index contributed by atoms with van der Waals surface area (Å²) >= 11 is 0. The number of phenolic OH excluding ortho intramolecular Hbond substituents is 1. The van der Waals surface area contributed by atoms with Crippen LogP contribution in [0.3, 0.4) is 0 Å². The maximum atomic E-state index is 13.2. The molecule has 0 fully saturated rings. The van der Waals surface area contributed by atoms with Crippen LogP contribution in [0.15, 0.2) is 102 Å². The molecule has 0 aliphatic rings. The second-order valence-corrected chi connectivity index (χ2v) is 9.93. The van der Waals surface area contributed by atoms with Gasteiger partial charge in [0.1, 0.15) is 18.1 Å². The molecule has 10 heteroatoms. The Morgan fingerprint density at radius 3 is 2.47 bits per heavy atom. The van der Waals surface area contributed by atoms with Gasteiger partial charge in [-0.1, -0.05) is 42.5 Å². The summed E-state index contributed by atoms with van der Waals surface area (Å²) in [4.78, 5) is 47.5. The van der Waals surface area contributed by atoms with Crippen LogP contribution in [-0.4, -0.2) is 51.6 Å². The first-order valence-corrected chi connectivity index (χ1v) is 13.5. The summed E-state index contributed by atoms with van der Waals surface area (Å²) in [6, 6.07) is 25.0. The highest BCUT2D eigenvalue weighted by Gasteiger charge is 2.20. The highest BCUT2D eigenvalue weighted by atomic mass is 16.7. The average Bonchev–Trinajstić information content (AvgIpc) is 3.01. The van der Waals surface area contributed by atoms with E-state index in [1.165, 1.54) is 25.4 Å². The zero-order valence-corrected chi connectivity index (χ0v) is 23.3. The summed E-state index contributed by atoms with van der Waals surface area (Å²) in [7, 11) is 1.53. The van der Waals surface area contributed by atoms with Gasteiger partial charge in [0, 0.05) is 24.8 Å². The number of amides is 1. The molecule has 5 rings (SSSR count). The van der Waals surface area contributed by atoms with Crippen molar-refractivity contribution < 1.29 is 29.4 Å². The van der Waals surface area contributed by atoms with E-state index in [2.05, 4.69) is 10.3 Å². The Hall–Kier alpha value is -5.48. The number of rotatable bonds is 11. The molecule has 0 unspecified atom stereocenters. The van der Waals surface area contributed by atoms with E-state index in [1.54, 1.807) is 48.5 Å². The first-order valence-electron chi connectivity index (χ1n) is 13.5. The number of aromatic carboxylic acids is 1. The van der Waals surface area contributed by atoms with Gasteiger partial charge < -0.3 is 25.1 Å². The lowest BCUT2D eigenvalue weighted by Gasteiger charge is -2.18. The standard InChI is InChI=1S/C33H29N3O7/c1-42-20-25(16-21-8-11-26(37)12-9-21)34-32(39)30-18-28(33(40)41)27-17-24(10-13-29(27)35-30)23-6-4-5-22(15-23)19-43-36-14-3-2-7-31(36)38/h2-15,17-18,25,37H,16,19-20H2,1H3,(H,34,39)(H,40,41)/t25-/m0/s1. The van der Waals surface area contributed by atoms with Gasteiger partial charge in [-0.05, 0) is 71.1 Å². The van der Waals surface area contributed by atoms with Crippen molar-refractivity contribution in [3.05, 3.63) is 130 Å². The third-order valence-electron chi connectivity index (χ3n) is 6.81. The lowest BCUT2D eigenvalue weighted by Crippen LogP contribution is -2.40. The largest absolute Gasteiger partial charge is 0.508 e. The summed E-state index contributed by atoms with van der Waals surface area (Å²) in [5.74, 6) is -1.57. The topological polar surface area (TPSA) is 140 Å². The van der Waals surface area contributed by atoms with Crippen molar-refractivity contribution in [1.82, 2.24) is 15.0 Å². The number of carbonyl (C=O) groups is 2. The molecule has 2 heterocycles. The molecule has 0 spiro atoms. The molecule has 5 aromatic rings. The second-order valence-electron chi connectivity index (χ2n) is 9.93. The minimum absolute atomic E-state index is 0.0280. The number of carbonyl (C=O) groups excluding carboxylic acids is 1. The van der Waals surface area contributed by atoms with Crippen molar-refractivity contribution in [2.24, 2.45) is 0 Å². The Labute approximate surface area is 246 Å². The quantitative estimate of drug-likeness (QED) is 0.213. The summed E-state index contributed by atoms with van der Waals surface area (Å²) < 4.78 is 6.43. The van der Waals surface area contributed by atoms with Crippen LogP contribution in [0.2, 0.25) is 0 Å². The summed E-state index contributed by atoms with van der Waals surface area (Å²) in [6.45, 7) is 0.379. The Kier molecular flexibility index (Phi) is 8.78. The smallest absolute Gasteiger partial charge is 0.336 e. The summed E-state index contributed by atoms with van der Waals surface area (Å²) in [5, 5.41) is 22.8. The van der Waals surface area contributed by atoms with Crippen molar-refractivity contribution in [3.8, 4) is 16.9 Å². The molecule has 2 aromatic heterocycles. The van der Waals surface area contributed by atoms with Crippen molar-refractivity contribution >= 4 is 22.8 Å². The summed E-state index contributed by atoms with van der Waals surface area (Å²) in [5.41, 5.74) is 3.27. The molecule has 0 aliphatic heterocycles. The van der Waals surface area contributed by atoms with Gasteiger partial charge in [-0.3, -0.25) is 9.59 Å². The number of aromatic nitrogens is 2. The molecule has 1 amide bonds. The highest BCUT2D eigenvalue weighted by molar-refractivity contribution is 6.06. The van der Waals surface area contributed by atoms with Gasteiger partial charge in [0.05, 0.1) is 23.7 Å². The maximum absolute atomic E-state index is 13.2.